The Morgan fingerprint density at radius 2 is 1.71 bits per heavy atom. The maximum absolute atomic E-state index is 13.1. The number of hydrogen-bond acceptors (Lipinski definition) is 4. The van der Waals surface area contributed by atoms with E-state index in [0.717, 1.165) is 17.5 Å². The Morgan fingerprint density at radius 1 is 1.12 bits per heavy atom. The van der Waals surface area contributed by atoms with E-state index in [4.69, 9.17) is 4.74 Å². The summed E-state index contributed by atoms with van der Waals surface area (Å²) in [6, 6.07) is 3.48. The molecule has 0 N–H and O–H groups in total. The van der Waals surface area contributed by atoms with E-state index in [2.05, 4.69) is 0 Å². The minimum atomic E-state index is -3.64. The number of carbonyl (C=O) groups is 1. The van der Waals surface area contributed by atoms with Gasteiger partial charge in [0.1, 0.15) is 10.6 Å². The van der Waals surface area contributed by atoms with Crippen molar-refractivity contribution in [1.29, 1.82) is 0 Å². The molecule has 0 aliphatic carbocycles. The van der Waals surface area contributed by atoms with Crippen molar-refractivity contribution in [3.05, 3.63) is 23.3 Å². The summed E-state index contributed by atoms with van der Waals surface area (Å²) >= 11 is 0. The summed E-state index contributed by atoms with van der Waals surface area (Å²) < 4.78 is 33.2. The zero-order valence-electron chi connectivity index (χ0n) is 14.8. The lowest BCUT2D eigenvalue weighted by Crippen LogP contribution is -2.50. The highest BCUT2D eigenvalue weighted by Crippen LogP contribution is 2.30. The zero-order valence-corrected chi connectivity index (χ0v) is 15.6. The molecule has 1 aliphatic rings. The first-order valence-electron chi connectivity index (χ1n) is 8.27. The van der Waals surface area contributed by atoms with E-state index in [0.29, 0.717) is 38.5 Å². The van der Waals surface area contributed by atoms with Crippen LogP contribution in [0.3, 0.4) is 0 Å². The summed E-state index contributed by atoms with van der Waals surface area (Å²) in [4.78, 5) is 13.3. The van der Waals surface area contributed by atoms with E-state index < -0.39 is 10.0 Å². The minimum absolute atomic E-state index is 0.0230. The van der Waals surface area contributed by atoms with Crippen molar-refractivity contribution in [3.8, 4) is 5.75 Å². The first kappa shape index (κ1) is 18.7. The fourth-order valence-corrected chi connectivity index (χ4v) is 4.29. The lowest BCUT2D eigenvalue weighted by atomic mass is 10.1. The summed E-state index contributed by atoms with van der Waals surface area (Å²) in [6.45, 7) is 9.25. The summed E-state index contributed by atoms with van der Waals surface area (Å²) in [6.07, 6.45) is 0.809. The number of piperazine rings is 1. The fourth-order valence-electron chi connectivity index (χ4n) is 2.67. The van der Waals surface area contributed by atoms with Crippen molar-refractivity contribution in [3.63, 3.8) is 0 Å². The number of nitrogens with zero attached hydrogens (tertiary/aromatic N) is 2. The van der Waals surface area contributed by atoms with Gasteiger partial charge >= 0.3 is 0 Å². The van der Waals surface area contributed by atoms with Gasteiger partial charge in [-0.15, -0.1) is 0 Å². The monoisotopic (exact) mass is 354 g/mol. The van der Waals surface area contributed by atoms with Crippen LogP contribution in [0.5, 0.6) is 5.75 Å². The largest absolute Gasteiger partial charge is 0.492 e. The van der Waals surface area contributed by atoms with Gasteiger partial charge in [0.05, 0.1) is 6.61 Å². The molecule has 0 atom stereocenters. The zero-order chi connectivity index (χ0) is 17.9. The maximum atomic E-state index is 13.1. The predicted octanol–water partition coefficient (Wildman–Crippen LogP) is 1.95. The number of amides is 1. The van der Waals surface area contributed by atoms with E-state index in [1.54, 1.807) is 17.0 Å². The Balaban J connectivity index is 2.32. The lowest BCUT2D eigenvalue weighted by Gasteiger charge is -2.33. The number of rotatable bonds is 5. The second kappa shape index (κ2) is 7.53. The topological polar surface area (TPSA) is 66.9 Å². The Hall–Kier alpha value is -1.60. The van der Waals surface area contributed by atoms with Crippen molar-refractivity contribution in [1.82, 2.24) is 9.21 Å². The highest BCUT2D eigenvalue weighted by Gasteiger charge is 2.31. The van der Waals surface area contributed by atoms with Crippen molar-refractivity contribution >= 4 is 15.9 Å². The molecular weight excluding hydrogens is 328 g/mol. The van der Waals surface area contributed by atoms with Crippen LogP contribution in [0, 0.1) is 13.8 Å². The van der Waals surface area contributed by atoms with E-state index in [-0.39, 0.29) is 10.8 Å². The molecule has 1 heterocycles. The smallest absolute Gasteiger partial charge is 0.246 e. The van der Waals surface area contributed by atoms with Crippen LogP contribution in [0.25, 0.3) is 0 Å². The normalized spacial score (nSPS) is 16.2. The highest BCUT2D eigenvalue weighted by atomic mass is 32.2. The van der Waals surface area contributed by atoms with Gasteiger partial charge in [0.2, 0.25) is 15.9 Å². The standard InChI is InChI=1S/C17H26N2O4S/c1-5-10-23-16-11-13(2)14(3)12-17(16)24(21,22)19-8-6-18(7-9-19)15(4)20/h11-12H,5-10H2,1-4H3. The van der Waals surface area contributed by atoms with Gasteiger partial charge in [-0.2, -0.15) is 4.31 Å². The molecule has 7 heteroatoms. The second-order valence-electron chi connectivity index (χ2n) is 6.14. The molecule has 0 spiro atoms. The number of hydrogen-bond donors (Lipinski definition) is 0. The molecule has 1 amide bonds. The molecule has 1 fully saturated rings. The van der Waals surface area contributed by atoms with Gasteiger partial charge in [0, 0.05) is 33.1 Å². The summed E-state index contributed by atoms with van der Waals surface area (Å²) in [5.41, 5.74) is 1.92. The third kappa shape index (κ3) is 3.89. The molecule has 0 saturated carbocycles. The van der Waals surface area contributed by atoms with E-state index in [9.17, 15) is 13.2 Å². The fraction of sp³-hybridized carbons (Fsp3) is 0.588. The van der Waals surface area contributed by atoms with Crippen molar-refractivity contribution < 1.29 is 17.9 Å². The quantitative estimate of drug-likeness (QED) is 0.810. The average molecular weight is 354 g/mol. The first-order chi connectivity index (χ1) is 11.3. The van der Waals surface area contributed by atoms with Crippen molar-refractivity contribution in [2.45, 2.75) is 39.0 Å². The van der Waals surface area contributed by atoms with Crippen LogP contribution in [0.15, 0.2) is 17.0 Å². The van der Waals surface area contributed by atoms with Crippen LogP contribution in [-0.2, 0) is 14.8 Å². The number of carbonyl (C=O) groups excluding carboxylic acids is 1. The molecule has 0 aromatic heterocycles. The van der Waals surface area contributed by atoms with Gasteiger partial charge in [-0.25, -0.2) is 8.42 Å². The third-order valence-corrected chi connectivity index (χ3v) is 6.24. The van der Waals surface area contributed by atoms with Crippen LogP contribution in [0.1, 0.15) is 31.4 Å². The Labute approximate surface area is 144 Å². The van der Waals surface area contributed by atoms with Gasteiger partial charge in [0.15, 0.2) is 0 Å². The van der Waals surface area contributed by atoms with Gasteiger partial charge in [-0.3, -0.25) is 4.79 Å². The van der Waals surface area contributed by atoms with Gasteiger partial charge < -0.3 is 9.64 Å². The average Bonchev–Trinajstić information content (AvgIpc) is 2.55. The second-order valence-corrected chi connectivity index (χ2v) is 8.05. The summed E-state index contributed by atoms with van der Waals surface area (Å²) in [7, 11) is -3.64. The third-order valence-electron chi connectivity index (χ3n) is 4.32. The van der Waals surface area contributed by atoms with Gasteiger partial charge in [0.25, 0.3) is 0 Å². The van der Waals surface area contributed by atoms with E-state index in [1.165, 1.54) is 11.2 Å². The Bertz CT molecular complexity index is 708. The molecule has 0 unspecified atom stereocenters. The molecule has 0 bridgehead atoms. The highest BCUT2D eigenvalue weighted by molar-refractivity contribution is 7.89. The molecule has 1 saturated heterocycles. The molecule has 6 nitrogen and oxygen atoms in total. The Morgan fingerprint density at radius 3 is 2.25 bits per heavy atom. The number of aryl methyl sites for hydroxylation is 2. The van der Waals surface area contributed by atoms with Crippen LogP contribution >= 0.6 is 0 Å². The number of sulfonamides is 1. The predicted molar refractivity (Wildman–Crippen MR) is 92.7 cm³/mol. The number of ether oxygens (including phenoxy) is 1. The van der Waals surface area contributed by atoms with Gasteiger partial charge in [-0.05, 0) is 43.5 Å². The van der Waals surface area contributed by atoms with Crippen LogP contribution in [-0.4, -0.2) is 56.3 Å². The molecule has 1 aliphatic heterocycles. The number of benzene rings is 1. The Kier molecular flexibility index (Phi) is 5.87. The molecule has 2 rings (SSSR count). The lowest BCUT2D eigenvalue weighted by molar-refractivity contribution is -0.129. The van der Waals surface area contributed by atoms with Crippen LogP contribution < -0.4 is 4.74 Å². The van der Waals surface area contributed by atoms with Crippen molar-refractivity contribution in [2.75, 3.05) is 32.8 Å². The van der Waals surface area contributed by atoms with Crippen LogP contribution in [0.4, 0.5) is 0 Å². The summed E-state index contributed by atoms with van der Waals surface area (Å²) in [5.74, 6) is 0.388. The SMILES string of the molecule is CCCOc1cc(C)c(C)cc1S(=O)(=O)N1CCN(C(C)=O)CC1. The molecule has 1 aromatic carbocycles. The van der Waals surface area contributed by atoms with Crippen molar-refractivity contribution in [2.24, 2.45) is 0 Å². The summed E-state index contributed by atoms with van der Waals surface area (Å²) in [5, 5.41) is 0. The molecule has 134 valence electrons. The first-order valence-corrected chi connectivity index (χ1v) is 9.71. The van der Waals surface area contributed by atoms with Crippen LogP contribution in [0.2, 0.25) is 0 Å². The molecule has 0 radical (unpaired) electrons. The maximum Gasteiger partial charge on any atom is 0.246 e. The van der Waals surface area contributed by atoms with Gasteiger partial charge in [-0.1, -0.05) is 6.92 Å². The van der Waals surface area contributed by atoms with E-state index in [1.807, 2.05) is 20.8 Å². The van der Waals surface area contributed by atoms with E-state index >= 15 is 0 Å². The molecule has 1 aromatic rings. The minimum Gasteiger partial charge on any atom is -0.492 e. The molecule has 24 heavy (non-hydrogen) atoms. The molecular formula is C17H26N2O4S.